The van der Waals surface area contributed by atoms with Gasteiger partial charge in [-0.1, -0.05) is 13.8 Å². The highest BCUT2D eigenvalue weighted by atomic mass is 19.4. The van der Waals surface area contributed by atoms with E-state index in [1.165, 1.54) is 9.80 Å². The Bertz CT molecular complexity index is 415. The monoisotopic (exact) mass is 338 g/mol. The van der Waals surface area contributed by atoms with Gasteiger partial charge in [-0.25, -0.2) is 0 Å². The number of halogens is 3. The third kappa shape index (κ3) is 7.17. The first-order valence-corrected chi connectivity index (χ1v) is 7.70. The minimum Gasteiger partial charge on any atom is -0.346 e. The molecule has 1 heterocycles. The van der Waals surface area contributed by atoms with Crippen LogP contribution in [0.3, 0.4) is 0 Å². The number of hydrogen-bond acceptors (Lipinski definition) is 4. The lowest BCUT2D eigenvalue weighted by atomic mass is 10.1. The molecule has 0 aliphatic carbocycles. The lowest BCUT2D eigenvalue weighted by molar-refractivity contribution is -0.145. The van der Waals surface area contributed by atoms with Crippen molar-refractivity contribution in [2.45, 2.75) is 32.5 Å². The van der Waals surface area contributed by atoms with Gasteiger partial charge in [-0.15, -0.1) is 0 Å². The van der Waals surface area contributed by atoms with Crippen LogP contribution >= 0.6 is 0 Å². The van der Waals surface area contributed by atoms with Crippen molar-refractivity contribution < 1.29 is 22.8 Å². The van der Waals surface area contributed by atoms with Gasteiger partial charge in [0.05, 0.1) is 19.1 Å². The number of nitrogens with zero attached hydrogens (tertiary/aromatic N) is 2. The summed E-state index contributed by atoms with van der Waals surface area (Å²) in [5, 5.41) is 2.48. The number of carbonyl (C=O) groups excluding carboxylic acids is 2. The van der Waals surface area contributed by atoms with E-state index in [2.05, 4.69) is 5.32 Å². The number of nitrogens with one attached hydrogen (secondary N) is 1. The molecule has 1 fully saturated rings. The Morgan fingerprint density at radius 1 is 1.17 bits per heavy atom. The molecule has 1 saturated heterocycles. The van der Waals surface area contributed by atoms with Crippen LogP contribution in [-0.2, 0) is 9.59 Å². The van der Waals surface area contributed by atoms with Crippen molar-refractivity contribution >= 4 is 11.8 Å². The van der Waals surface area contributed by atoms with E-state index in [4.69, 9.17) is 5.73 Å². The average Bonchev–Trinajstić information content (AvgIpc) is 2.67. The van der Waals surface area contributed by atoms with Gasteiger partial charge in [0.2, 0.25) is 11.8 Å². The summed E-state index contributed by atoms with van der Waals surface area (Å²) < 4.78 is 37.2. The van der Waals surface area contributed by atoms with Gasteiger partial charge in [0, 0.05) is 26.2 Å². The van der Waals surface area contributed by atoms with Crippen molar-refractivity contribution in [1.29, 1.82) is 0 Å². The fraction of sp³-hybridized carbons (Fsp3) is 0.857. The van der Waals surface area contributed by atoms with Crippen LogP contribution in [0, 0.1) is 5.92 Å². The Labute approximate surface area is 134 Å². The zero-order valence-electron chi connectivity index (χ0n) is 13.5. The summed E-state index contributed by atoms with van der Waals surface area (Å²) in [4.78, 5) is 26.6. The predicted octanol–water partition coefficient (Wildman–Crippen LogP) is 0.183. The molecule has 2 amide bonds. The first-order valence-electron chi connectivity index (χ1n) is 7.70. The molecule has 1 aliphatic rings. The lowest BCUT2D eigenvalue weighted by Gasteiger charge is -2.23. The highest BCUT2D eigenvalue weighted by Crippen LogP contribution is 2.17. The van der Waals surface area contributed by atoms with E-state index >= 15 is 0 Å². The standard InChI is InChI=1S/C14H25F3N4O2/c1-10(2)12(18)13(23)19-8-11(22)21-5-3-4-20(6-7-21)9-14(15,16)17/h10,12H,3-9,18H2,1-2H3,(H,19,23)/t12-/m0/s1. The zero-order chi connectivity index (χ0) is 17.6. The van der Waals surface area contributed by atoms with E-state index < -0.39 is 24.7 Å². The van der Waals surface area contributed by atoms with E-state index in [-0.39, 0.29) is 31.5 Å². The number of alkyl halides is 3. The molecule has 1 rings (SSSR count). The van der Waals surface area contributed by atoms with Crippen LogP contribution in [0.1, 0.15) is 20.3 Å². The molecule has 0 aromatic heterocycles. The van der Waals surface area contributed by atoms with Crippen LogP contribution in [0.25, 0.3) is 0 Å². The number of nitrogens with two attached hydrogens (primary N) is 1. The van der Waals surface area contributed by atoms with Crippen molar-refractivity contribution in [3.8, 4) is 0 Å². The van der Waals surface area contributed by atoms with E-state index in [1.807, 2.05) is 0 Å². The second-order valence-electron chi connectivity index (χ2n) is 6.11. The minimum atomic E-state index is -4.24. The summed E-state index contributed by atoms with van der Waals surface area (Å²) in [6.45, 7) is 3.54. The average molecular weight is 338 g/mol. The van der Waals surface area contributed by atoms with Crippen molar-refractivity contribution in [2.75, 3.05) is 39.3 Å². The highest BCUT2D eigenvalue weighted by Gasteiger charge is 2.31. The largest absolute Gasteiger partial charge is 0.401 e. The molecule has 0 radical (unpaired) electrons. The van der Waals surface area contributed by atoms with E-state index in [0.29, 0.717) is 19.5 Å². The third-order valence-electron chi connectivity index (χ3n) is 3.78. The molecule has 0 unspecified atom stereocenters. The Balaban J connectivity index is 2.41. The normalized spacial score (nSPS) is 18.7. The van der Waals surface area contributed by atoms with Crippen LogP contribution in [-0.4, -0.2) is 73.1 Å². The van der Waals surface area contributed by atoms with E-state index in [9.17, 15) is 22.8 Å². The van der Waals surface area contributed by atoms with Gasteiger partial charge < -0.3 is 16.0 Å². The van der Waals surface area contributed by atoms with E-state index in [0.717, 1.165) is 0 Å². The number of carbonyl (C=O) groups is 2. The summed E-state index contributed by atoms with van der Waals surface area (Å²) >= 11 is 0. The second-order valence-corrected chi connectivity index (χ2v) is 6.11. The number of rotatable bonds is 5. The van der Waals surface area contributed by atoms with Crippen molar-refractivity contribution in [1.82, 2.24) is 15.1 Å². The van der Waals surface area contributed by atoms with Crippen LogP contribution in [0.15, 0.2) is 0 Å². The molecule has 0 aromatic rings. The first-order chi connectivity index (χ1) is 10.6. The summed E-state index contributed by atoms with van der Waals surface area (Å²) in [6, 6.07) is -0.686. The van der Waals surface area contributed by atoms with Crippen LogP contribution in [0.5, 0.6) is 0 Å². The molecular weight excluding hydrogens is 313 g/mol. The van der Waals surface area contributed by atoms with Gasteiger partial charge in [-0.05, 0) is 12.3 Å². The van der Waals surface area contributed by atoms with Crippen LogP contribution < -0.4 is 11.1 Å². The molecule has 3 N–H and O–H groups in total. The Kier molecular flexibility index (Phi) is 7.27. The Morgan fingerprint density at radius 3 is 2.39 bits per heavy atom. The number of hydrogen-bond donors (Lipinski definition) is 2. The van der Waals surface area contributed by atoms with Crippen molar-refractivity contribution in [3.05, 3.63) is 0 Å². The molecule has 1 aliphatic heterocycles. The summed E-state index contributed by atoms with van der Waals surface area (Å²) in [5.41, 5.74) is 5.68. The summed E-state index contributed by atoms with van der Waals surface area (Å²) in [5.74, 6) is -0.746. The maximum atomic E-state index is 12.4. The Hall–Kier alpha value is -1.35. The quantitative estimate of drug-likeness (QED) is 0.750. The van der Waals surface area contributed by atoms with Gasteiger partial charge in [0.1, 0.15) is 0 Å². The van der Waals surface area contributed by atoms with Crippen LogP contribution in [0.4, 0.5) is 13.2 Å². The van der Waals surface area contributed by atoms with Gasteiger partial charge in [0.25, 0.3) is 0 Å². The van der Waals surface area contributed by atoms with Crippen molar-refractivity contribution in [3.63, 3.8) is 0 Å². The summed E-state index contributed by atoms with van der Waals surface area (Å²) in [7, 11) is 0. The van der Waals surface area contributed by atoms with Gasteiger partial charge in [0.15, 0.2) is 0 Å². The third-order valence-corrected chi connectivity index (χ3v) is 3.78. The maximum absolute atomic E-state index is 12.4. The molecule has 0 saturated carbocycles. The molecule has 0 spiro atoms. The Morgan fingerprint density at radius 2 is 1.83 bits per heavy atom. The first kappa shape index (κ1) is 19.7. The molecule has 9 heteroatoms. The lowest BCUT2D eigenvalue weighted by Crippen LogP contribution is -2.48. The maximum Gasteiger partial charge on any atom is 0.401 e. The fourth-order valence-corrected chi connectivity index (χ4v) is 2.33. The SMILES string of the molecule is CC(C)[C@H](N)C(=O)NCC(=O)N1CCCN(CC(F)(F)F)CC1. The van der Waals surface area contributed by atoms with Gasteiger partial charge in [-0.3, -0.25) is 14.5 Å². The molecule has 1 atom stereocenters. The van der Waals surface area contributed by atoms with Gasteiger partial charge in [-0.2, -0.15) is 13.2 Å². The van der Waals surface area contributed by atoms with E-state index in [1.54, 1.807) is 13.8 Å². The molecule has 6 nitrogen and oxygen atoms in total. The molecule has 0 aromatic carbocycles. The fourth-order valence-electron chi connectivity index (χ4n) is 2.33. The van der Waals surface area contributed by atoms with Gasteiger partial charge >= 0.3 is 6.18 Å². The smallest absolute Gasteiger partial charge is 0.346 e. The topological polar surface area (TPSA) is 78.7 Å². The minimum absolute atomic E-state index is 0.0424. The molecule has 0 bridgehead atoms. The van der Waals surface area contributed by atoms with Crippen molar-refractivity contribution in [2.24, 2.45) is 11.7 Å². The van der Waals surface area contributed by atoms with Crippen LogP contribution in [0.2, 0.25) is 0 Å². The highest BCUT2D eigenvalue weighted by molar-refractivity contribution is 5.87. The predicted molar refractivity (Wildman–Crippen MR) is 79.5 cm³/mol. The second kappa shape index (κ2) is 8.49. The molecule has 23 heavy (non-hydrogen) atoms. The number of amides is 2. The zero-order valence-corrected chi connectivity index (χ0v) is 13.5. The molecule has 134 valence electrons. The molecular formula is C14H25F3N4O2. The summed E-state index contributed by atoms with van der Waals surface area (Å²) in [6.07, 6.45) is -3.76.